The van der Waals surface area contributed by atoms with Gasteiger partial charge in [-0.2, -0.15) is 0 Å². The largest absolute Gasteiger partial charge is 0.349 e. The van der Waals surface area contributed by atoms with Crippen LogP contribution in [0.15, 0.2) is 53.4 Å². The third-order valence-corrected chi connectivity index (χ3v) is 5.02. The van der Waals surface area contributed by atoms with Crippen LogP contribution in [0.25, 0.3) is 0 Å². The molecule has 23 heavy (non-hydrogen) atoms. The summed E-state index contributed by atoms with van der Waals surface area (Å²) in [5.74, 6) is -0.629. The molecule has 1 unspecified atom stereocenters. The number of hydrogen-bond donors (Lipinski definition) is 2. The first-order valence-electron chi connectivity index (χ1n) is 7.12. The molecule has 1 fully saturated rings. The zero-order valence-corrected chi connectivity index (χ0v) is 12.9. The Kier molecular flexibility index (Phi) is 4.04. The molecule has 0 radical (unpaired) electrons. The van der Waals surface area contributed by atoms with Crippen molar-refractivity contribution in [3.05, 3.63) is 59.9 Å². The van der Waals surface area contributed by atoms with Gasteiger partial charge in [0.25, 0.3) is 10.0 Å². The Bertz CT molecular complexity index is 852. The Morgan fingerprint density at radius 1 is 1.13 bits per heavy atom. The average molecular weight is 334 g/mol. The predicted molar refractivity (Wildman–Crippen MR) is 83.8 cm³/mol. The van der Waals surface area contributed by atoms with E-state index in [-0.39, 0.29) is 16.8 Å². The highest BCUT2D eigenvalue weighted by molar-refractivity contribution is 7.92. The molecule has 2 aromatic rings. The van der Waals surface area contributed by atoms with Gasteiger partial charge in [0.1, 0.15) is 5.82 Å². The van der Waals surface area contributed by atoms with Gasteiger partial charge in [0.2, 0.25) is 5.91 Å². The highest BCUT2D eigenvalue weighted by Gasteiger charge is 2.23. The molecule has 0 bridgehead atoms. The van der Waals surface area contributed by atoms with Crippen LogP contribution >= 0.6 is 0 Å². The smallest absolute Gasteiger partial charge is 0.261 e. The van der Waals surface area contributed by atoms with Gasteiger partial charge in [-0.25, -0.2) is 12.8 Å². The van der Waals surface area contributed by atoms with Crippen LogP contribution in [0.5, 0.6) is 0 Å². The Balaban J connectivity index is 1.84. The van der Waals surface area contributed by atoms with Crippen molar-refractivity contribution in [2.24, 2.45) is 0 Å². The molecule has 3 rings (SSSR count). The molecule has 2 aromatic carbocycles. The van der Waals surface area contributed by atoms with Crippen LogP contribution in [-0.4, -0.2) is 14.3 Å². The normalized spacial score (nSPS) is 17.8. The summed E-state index contributed by atoms with van der Waals surface area (Å²) in [6, 6.07) is 11.5. The Labute approximate surface area is 133 Å². The molecule has 1 heterocycles. The monoisotopic (exact) mass is 334 g/mol. The zero-order valence-electron chi connectivity index (χ0n) is 12.1. The lowest BCUT2D eigenvalue weighted by atomic mass is 10.1. The van der Waals surface area contributed by atoms with E-state index in [1.54, 1.807) is 18.2 Å². The quantitative estimate of drug-likeness (QED) is 0.902. The minimum atomic E-state index is -3.86. The van der Waals surface area contributed by atoms with Crippen molar-refractivity contribution in [1.29, 1.82) is 0 Å². The SMILES string of the molecule is O=C1CCC(c2cccc(NS(=O)(=O)c3cccc(F)c3)c2)N1. The number of hydrogen-bond acceptors (Lipinski definition) is 3. The van der Waals surface area contributed by atoms with Gasteiger partial charge in [-0.05, 0) is 42.3 Å². The molecule has 1 aliphatic rings. The van der Waals surface area contributed by atoms with Gasteiger partial charge in [0.05, 0.1) is 10.9 Å². The average Bonchev–Trinajstić information content (AvgIpc) is 2.94. The summed E-state index contributed by atoms with van der Waals surface area (Å²) in [5.41, 5.74) is 1.20. The predicted octanol–water partition coefficient (Wildman–Crippen LogP) is 2.58. The van der Waals surface area contributed by atoms with Crippen LogP contribution < -0.4 is 10.0 Å². The topological polar surface area (TPSA) is 75.3 Å². The van der Waals surface area contributed by atoms with Crippen LogP contribution in [0.2, 0.25) is 0 Å². The second kappa shape index (κ2) is 6.00. The summed E-state index contributed by atoms with van der Waals surface area (Å²) in [6.45, 7) is 0. The van der Waals surface area contributed by atoms with Gasteiger partial charge in [-0.1, -0.05) is 18.2 Å². The highest BCUT2D eigenvalue weighted by atomic mass is 32.2. The first-order valence-corrected chi connectivity index (χ1v) is 8.60. The van der Waals surface area contributed by atoms with Crippen LogP contribution in [0.4, 0.5) is 10.1 Å². The zero-order chi connectivity index (χ0) is 16.4. The summed E-state index contributed by atoms with van der Waals surface area (Å²) in [7, 11) is -3.86. The minimum Gasteiger partial charge on any atom is -0.349 e. The van der Waals surface area contributed by atoms with Crippen molar-refractivity contribution < 1.29 is 17.6 Å². The van der Waals surface area contributed by atoms with E-state index >= 15 is 0 Å². The van der Waals surface area contributed by atoms with E-state index in [2.05, 4.69) is 10.0 Å². The van der Waals surface area contributed by atoms with E-state index in [0.717, 1.165) is 11.6 Å². The molecule has 1 atom stereocenters. The number of benzene rings is 2. The second-order valence-corrected chi connectivity index (χ2v) is 7.03. The van der Waals surface area contributed by atoms with E-state index in [4.69, 9.17) is 0 Å². The Morgan fingerprint density at radius 3 is 2.61 bits per heavy atom. The van der Waals surface area contributed by atoms with Crippen molar-refractivity contribution in [2.75, 3.05) is 4.72 Å². The summed E-state index contributed by atoms with van der Waals surface area (Å²) in [5, 5.41) is 2.83. The van der Waals surface area contributed by atoms with E-state index in [1.807, 2.05) is 6.07 Å². The number of rotatable bonds is 4. The van der Waals surface area contributed by atoms with Crippen molar-refractivity contribution in [3.63, 3.8) is 0 Å². The van der Waals surface area contributed by atoms with Crippen LogP contribution in [-0.2, 0) is 14.8 Å². The maximum Gasteiger partial charge on any atom is 0.261 e. The first-order chi connectivity index (χ1) is 10.9. The number of anilines is 1. The molecule has 7 heteroatoms. The summed E-state index contributed by atoms with van der Waals surface area (Å²) in [6.07, 6.45) is 1.14. The molecular weight excluding hydrogens is 319 g/mol. The molecule has 0 spiro atoms. The van der Waals surface area contributed by atoms with E-state index < -0.39 is 15.8 Å². The van der Waals surface area contributed by atoms with E-state index in [0.29, 0.717) is 18.5 Å². The molecule has 120 valence electrons. The summed E-state index contributed by atoms with van der Waals surface area (Å²) < 4.78 is 40.2. The number of halogens is 1. The summed E-state index contributed by atoms with van der Waals surface area (Å²) >= 11 is 0. The lowest BCUT2D eigenvalue weighted by molar-refractivity contribution is -0.119. The Morgan fingerprint density at radius 2 is 1.91 bits per heavy atom. The standard InChI is InChI=1S/C16H15FN2O3S/c17-12-4-2-6-14(10-12)23(21,22)19-13-5-1-3-11(9-13)15-7-8-16(20)18-15/h1-6,9-10,15,19H,7-8H2,(H,18,20). The first kappa shape index (κ1) is 15.5. The van der Waals surface area contributed by atoms with Crippen molar-refractivity contribution in [2.45, 2.75) is 23.8 Å². The van der Waals surface area contributed by atoms with Crippen LogP contribution in [0, 0.1) is 5.82 Å². The molecule has 1 aliphatic heterocycles. The van der Waals surface area contributed by atoms with Crippen LogP contribution in [0.3, 0.4) is 0 Å². The second-order valence-electron chi connectivity index (χ2n) is 5.35. The molecular formula is C16H15FN2O3S. The number of amides is 1. The molecule has 1 amide bonds. The molecule has 0 aliphatic carbocycles. The van der Waals surface area contributed by atoms with Gasteiger partial charge in [-0.3, -0.25) is 9.52 Å². The van der Waals surface area contributed by atoms with E-state index in [1.165, 1.54) is 18.2 Å². The molecule has 2 N–H and O–H groups in total. The fraction of sp³-hybridized carbons (Fsp3) is 0.188. The van der Waals surface area contributed by atoms with Crippen molar-refractivity contribution in [3.8, 4) is 0 Å². The highest BCUT2D eigenvalue weighted by Crippen LogP contribution is 2.26. The summed E-state index contributed by atoms with van der Waals surface area (Å²) in [4.78, 5) is 11.2. The number of carbonyl (C=O) groups is 1. The molecule has 1 saturated heterocycles. The molecule has 5 nitrogen and oxygen atoms in total. The number of carbonyl (C=O) groups excluding carboxylic acids is 1. The van der Waals surface area contributed by atoms with Gasteiger partial charge in [0, 0.05) is 12.1 Å². The van der Waals surface area contributed by atoms with Gasteiger partial charge in [0.15, 0.2) is 0 Å². The van der Waals surface area contributed by atoms with E-state index in [9.17, 15) is 17.6 Å². The fourth-order valence-electron chi connectivity index (χ4n) is 2.53. The number of nitrogens with one attached hydrogen (secondary N) is 2. The Hall–Kier alpha value is -2.41. The van der Waals surface area contributed by atoms with Crippen molar-refractivity contribution in [1.82, 2.24) is 5.32 Å². The third kappa shape index (κ3) is 3.50. The fourth-order valence-corrected chi connectivity index (χ4v) is 3.61. The van der Waals surface area contributed by atoms with Gasteiger partial charge in [-0.15, -0.1) is 0 Å². The maximum absolute atomic E-state index is 13.2. The lowest BCUT2D eigenvalue weighted by Gasteiger charge is -2.13. The third-order valence-electron chi connectivity index (χ3n) is 3.64. The molecule has 0 saturated carbocycles. The number of sulfonamides is 1. The van der Waals surface area contributed by atoms with Crippen molar-refractivity contribution >= 4 is 21.6 Å². The minimum absolute atomic E-state index is 0.0132. The molecule has 0 aromatic heterocycles. The maximum atomic E-state index is 13.2. The van der Waals surface area contributed by atoms with Gasteiger partial charge >= 0.3 is 0 Å². The lowest BCUT2D eigenvalue weighted by Crippen LogP contribution is -2.18. The van der Waals surface area contributed by atoms with Crippen LogP contribution in [0.1, 0.15) is 24.4 Å². The van der Waals surface area contributed by atoms with Gasteiger partial charge < -0.3 is 5.32 Å².